The van der Waals surface area contributed by atoms with E-state index >= 15 is 0 Å². The Hall–Kier alpha value is -1.88. The number of benzene rings is 1. The summed E-state index contributed by atoms with van der Waals surface area (Å²) in [4.78, 5) is 0. The topological polar surface area (TPSA) is 50.4 Å². The van der Waals surface area contributed by atoms with Gasteiger partial charge in [0.25, 0.3) is 0 Å². The highest BCUT2D eigenvalue weighted by atomic mass is 79.9. The predicted octanol–water partition coefficient (Wildman–Crippen LogP) is 2.79. The Morgan fingerprint density at radius 2 is 1.94 bits per heavy atom. The van der Waals surface area contributed by atoms with Gasteiger partial charge in [0.15, 0.2) is 5.65 Å². The minimum atomic E-state index is 0.282. The molecule has 0 unspecified atom stereocenters. The third-order valence-corrected chi connectivity index (χ3v) is 3.42. The van der Waals surface area contributed by atoms with Crippen LogP contribution in [-0.2, 0) is 6.42 Å². The standard InChI is InChI=1S/C13H10BrN3O/c14-10-5-3-7-17-12(15-16-13(10)17)8-9-4-1-2-6-11(9)18/h1-7,18H,8H2. The van der Waals surface area contributed by atoms with Crippen LogP contribution in [0.4, 0.5) is 0 Å². The van der Waals surface area contributed by atoms with Gasteiger partial charge in [-0.05, 0) is 34.1 Å². The number of phenols is 1. The van der Waals surface area contributed by atoms with Crippen molar-refractivity contribution in [3.63, 3.8) is 0 Å². The Morgan fingerprint density at radius 3 is 2.78 bits per heavy atom. The average molecular weight is 304 g/mol. The SMILES string of the molecule is Oc1ccccc1Cc1nnc2c(Br)cccn12. The Labute approximate surface area is 112 Å². The first-order valence-electron chi connectivity index (χ1n) is 5.51. The average Bonchev–Trinajstić information content (AvgIpc) is 2.77. The van der Waals surface area contributed by atoms with Crippen molar-refractivity contribution in [2.45, 2.75) is 6.42 Å². The molecule has 0 atom stereocenters. The van der Waals surface area contributed by atoms with E-state index in [1.807, 2.05) is 34.9 Å². The number of rotatable bonds is 2. The fourth-order valence-corrected chi connectivity index (χ4v) is 2.31. The van der Waals surface area contributed by atoms with Gasteiger partial charge in [0.1, 0.15) is 11.6 Å². The molecule has 2 aromatic heterocycles. The monoisotopic (exact) mass is 303 g/mol. The van der Waals surface area contributed by atoms with Crippen LogP contribution < -0.4 is 0 Å². The Morgan fingerprint density at radius 1 is 1.11 bits per heavy atom. The lowest BCUT2D eigenvalue weighted by atomic mass is 10.1. The van der Waals surface area contributed by atoms with Crippen LogP contribution in [0.15, 0.2) is 47.1 Å². The number of phenolic OH excluding ortho intramolecular Hbond substituents is 1. The van der Waals surface area contributed by atoms with Crippen LogP contribution in [0.2, 0.25) is 0 Å². The zero-order valence-corrected chi connectivity index (χ0v) is 11.0. The van der Waals surface area contributed by atoms with Gasteiger partial charge in [-0.1, -0.05) is 18.2 Å². The fraction of sp³-hybridized carbons (Fsp3) is 0.0769. The number of para-hydroxylation sites is 1. The number of pyridine rings is 1. The molecule has 5 heteroatoms. The maximum Gasteiger partial charge on any atom is 0.175 e. The molecular weight excluding hydrogens is 294 g/mol. The smallest absolute Gasteiger partial charge is 0.175 e. The van der Waals surface area contributed by atoms with Gasteiger partial charge in [0.05, 0.1) is 4.47 Å². The lowest BCUT2D eigenvalue weighted by molar-refractivity contribution is 0.469. The Balaban J connectivity index is 2.06. The summed E-state index contributed by atoms with van der Waals surface area (Å²) in [5, 5.41) is 18.1. The molecule has 0 bridgehead atoms. The number of hydrogen-bond donors (Lipinski definition) is 1. The molecule has 0 spiro atoms. The van der Waals surface area contributed by atoms with Gasteiger partial charge in [-0.3, -0.25) is 4.40 Å². The second-order valence-electron chi connectivity index (χ2n) is 3.97. The van der Waals surface area contributed by atoms with Crippen molar-refractivity contribution >= 4 is 21.6 Å². The normalized spacial score (nSPS) is 10.9. The van der Waals surface area contributed by atoms with E-state index < -0.39 is 0 Å². The molecule has 0 fully saturated rings. The van der Waals surface area contributed by atoms with Gasteiger partial charge in [-0.25, -0.2) is 0 Å². The molecule has 0 amide bonds. The Bertz CT molecular complexity index is 708. The summed E-state index contributed by atoms with van der Waals surface area (Å²) in [5.41, 5.74) is 1.62. The number of aromatic hydroxyl groups is 1. The van der Waals surface area contributed by atoms with Crippen molar-refractivity contribution in [2.75, 3.05) is 0 Å². The molecule has 0 aliphatic rings. The van der Waals surface area contributed by atoms with Gasteiger partial charge in [0.2, 0.25) is 0 Å². The molecule has 4 nitrogen and oxygen atoms in total. The molecule has 0 aliphatic heterocycles. The highest BCUT2D eigenvalue weighted by Gasteiger charge is 2.10. The number of halogens is 1. The number of aromatic nitrogens is 3. The van der Waals surface area contributed by atoms with E-state index in [-0.39, 0.29) is 5.75 Å². The van der Waals surface area contributed by atoms with E-state index in [1.165, 1.54) is 0 Å². The molecule has 1 N–H and O–H groups in total. The second kappa shape index (κ2) is 4.42. The van der Waals surface area contributed by atoms with Crippen LogP contribution >= 0.6 is 15.9 Å². The molecule has 0 saturated heterocycles. The van der Waals surface area contributed by atoms with Crippen molar-refractivity contribution in [2.24, 2.45) is 0 Å². The number of hydrogen-bond acceptors (Lipinski definition) is 3. The van der Waals surface area contributed by atoms with E-state index in [1.54, 1.807) is 12.1 Å². The van der Waals surface area contributed by atoms with Gasteiger partial charge in [-0.15, -0.1) is 10.2 Å². The summed E-state index contributed by atoms with van der Waals surface area (Å²) in [7, 11) is 0. The molecule has 0 aliphatic carbocycles. The second-order valence-corrected chi connectivity index (χ2v) is 4.83. The molecule has 2 heterocycles. The molecule has 0 saturated carbocycles. The maximum absolute atomic E-state index is 9.77. The summed E-state index contributed by atoms with van der Waals surface area (Å²) < 4.78 is 2.82. The van der Waals surface area contributed by atoms with E-state index in [9.17, 15) is 5.11 Å². The van der Waals surface area contributed by atoms with E-state index in [0.29, 0.717) is 6.42 Å². The van der Waals surface area contributed by atoms with Gasteiger partial charge >= 0.3 is 0 Å². The van der Waals surface area contributed by atoms with E-state index in [4.69, 9.17) is 0 Å². The minimum Gasteiger partial charge on any atom is -0.508 e. The van der Waals surface area contributed by atoms with Crippen molar-refractivity contribution < 1.29 is 5.11 Å². The van der Waals surface area contributed by atoms with Crippen LogP contribution in [0.25, 0.3) is 5.65 Å². The van der Waals surface area contributed by atoms with Gasteiger partial charge in [0, 0.05) is 18.2 Å². The van der Waals surface area contributed by atoms with Crippen molar-refractivity contribution in [3.05, 3.63) is 58.5 Å². The number of fused-ring (bicyclic) bond motifs is 1. The van der Waals surface area contributed by atoms with Crippen LogP contribution in [0.5, 0.6) is 5.75 Å². The lowest BCUT2D eigenvalue weighted by Gasteiger charge is -2.03. The van der Waals surface area contributed by atoms with Crippen LogP contribution in [0.3, 0.4) is 0 Å². The summed E-state index contributed by atoms with van der Waals surface area (Å²) >= 11 is 3.44. The third-order valence-electron chi connectivity index (χ3n) is 2.80. The maximum atomic E-state index is 9.77. The van der Waals surface area contributed by atoms with E-state index in [2.05, 4.69) is 26.1 Å². The summed E-state index contributed by atoms with van der Waals surface area (Å²) in [6, 6.07) is 11.1. The largest absolute Gasteiger partial charge is 0.508 e. The van der Waals surface area contributed by atoms with Gasteiger partial charge in [-0.2, -0.15) is 0 Å². The van der Waals surface area contributed by atoms with Gasteiger partial charge < -0.3 is 5.11 Å². The summed E-state index contributed by atoms with van der Waals surface area (Å²) in [6.07, 6.45) is 2.46. The quantitative estimate of drug-likeness (QED) is 0.792. The Kier molecular flexibility index (Phi) is 2.76. The first-order chi connectivity index (χ1) is 8.75. The number of nitrogens with zero attached hydrogens (tertiary/aromatic N) is 3. The summed E-state index contributed by atoms with van der Waals surface area (Å²) in [5.74, 6) is 1.08. The third kappa shape index (κ3) is 1.86. The molecule has 3 rings (SSSR count). The van der Waals surface area contributed by atoms with Crippen LogP contribution in [0.1, 0.15) is 11.4 Å². The zero-order valence-electron chi connectivity index (χ0n) is 9.42. The molecule has 0 radical (unpaired) electrons. The minimum absolute atomic E-state index is 0.282. The first-order valence-corrected chi connectivity index (χ1v) is 6.30. The van der Waals surface area contributed by atoms with Crippen molar-refractivity contribution in [3.8, 4) is 5.75 Å². The molecule has 18 heavy (non-hydrogen) atoms. The molecular formula is C13H10BrN3O. The highest BCUT2D eigenvalue weighted by molar-refractivity contribution is 9.10. The van der Waals surface area contributed by atoms with Crippen LogP contribution in [-0.4, -0.2) is 19.7 Å². The predicted molar refractivity (Wildman–Crippen MR) is 71.6 cm³/mol. The molecule has 1 aromatic carbocycles. The van der Waals surface area contributed by atoms with Crippen LogP contribution in [0, 0.1) is 0 Å². The van der Waals surface area contributed by atoms with Crippen molar-refractivity contribution in [1.29, 1.82) is 0 Å². The highest BCUT2D eigenvalue weighted by Crippen LogP contribution is 2.21. The molecule has 90 valence electrons. The fourth-order valence-electron chi connectivity index (χ4n) is 1.88. The molecule has 3 aromatic rings. The van der Waals surface area contributed by atoms with E-state index in [0.717, 1.165) is 21.5 Å². The lowest BCUT2D eigenvalue weighted by Crippen LogP contribution is -1.96. The summed E-state index contributed by atoms with van der Waals surface area (Å²) in [6.45, 7) is 0. The zero-order chi connectivity index (χ0) is 12.5. The van der Waals surface area contributed by atoms with Crippen molar-refractivity contribution in [1.82, 2.24) is 14.6 Å². The first kappa shape index (κ1) is 11.2.